The van der Waals surface area contributed by atoms with Crippen molar-refractivity contribution < 1.29 is 10.2 Å². The number of H-pyrrole nitrogens is 1. The van der Waals surface area contributed by atoms with E-state index in [1.165, 1.54) is 22.2 Å². The first-order valence-electron chi connectivity index (χ1n) is 11.5. The van der Waals surface area contributed by atoms with Crippen LogP contribution in [0.1, 0.15) is 28.8 Å². The summed E-state index contributed by atoms with van der Waals surface area (Å²) in [6.07, 6.45) is 2.14. The molecule has 1 fully saturated rings. The number of aliphatic hydroxyl groups is 1. The molecule has 0 unspecified atom stereocenters. The highest BCUT2D eigenvalue weighted by molar-refractivity contribution is 9.10. The average molecular weight is 503 g/mol. The van der Waals surface area contributed by atoms with Gasteiger partial charge in [-0.1, -0.05) is 58.4 Å². The van der Waals surface area contributed by atoms with Crippen LogP contribution in [-0.2, 0) is 24.8 Å². The van der Waals surface area contributed by atoms with Crippen LogP contribution >= 0.6 is 15.9 Å². The minimum absolute atomic E-state index is 0.252. The van der Waals surface area contributed by atoms with Gasteiger partial charge in [-0.25, -0.2) is 0 Å². The van der Waals surface area contributed by atoms with Crippen LogP contribution in [0.25, 0.3) is 10.9 Å². The van der Waals surface area contributed by atoms with Crippen LogP contribution in [0.2, 0.25) is 0 Å². The number of fused-ring (bicyclic) bond motifs is 4. The topological polar surface area (TPSA) is 59.5 Å². The predicted octanol–water partition coefficient (Wildman–Crippen LogP) is 5.31. The Morgan fingerprint density at radius 1 is 0.970 bits per heavy atom. The number of hydrogen-bond acceptors (Lipinski definition) is 3. The maximum absolute atomic E-state index is 12.5. The number of β-amino-alcohol motifs (C(OH)–C–C–N with tert-alkyl or cyclic N) is 1. The van der Waals surface area contributed by atoms with Gasteiger partial charge in [0.25, 0.3) is 0 Å². The second-order valence-electron chi connectivity index (χ2n) is 9.74. The number of benzene rings is 3. The fourth-order valence-corrected chi connectivity index (χ4v) is 6.54. The zero-order valence-corrected chi connectivity index (χ0v) is 20.0. The first-order valence-corrected chi connectivity index (χ1v) is 12.3. The van der Waals surface area contributed by atoms with E-state index >= 15 is 0 Å². The van der Waals surface area contributed by atoms with Crippen molar-refractivity contribution in [1.29, 1.82) is 0 Å². The van der Waals surface area contributed by atoms with E-state index in [1.54, 1.807) is 6.07 Å². The first kappa shape index (κ1) is 21.0. The van der Waals surface area contributed by atoms with Gasteiger partial charge in [0.1, 0.15) is 5.75 Å². The molecule has 168 valence electrons. The number of aromatic nitrogens is 1. The van der Waals surface area contributed by atoms with Gasteiger partial charge in [-0.2, -0.15) is 0 Å². The zero-order valence-electron chi connectivity index (χ0n) is 18.4. The van der Waals surface area contributed by atoms with Crippen LogP contribution in [0.3, 0.4) is 0 Å². The highest BCUT2D eigenvalue weighted by Crippen LogP contribution is 2.52. The lowest BCUT2D eigenvalue weighted by molar-refractivity contribution is -0.105. The molecule has 1 aliphatic heterocycles. The van der Waals surface area contributed by atoms with Gasteiger partial charge in [0.15, 0.2) is 0 Å². The van der Waals surface area contributed by atoms with Crippen LogP contribution in [-0.4, -0.2) is 38.8 Å². The lowest BCUT2D eigenvalue weighted by Crippen LogP contribution is -2.66. The third-order valence-electron chi connectivity index (χ3n) is 7.78. The van der Waals surface area contributed by atoms with E-state index in [0.717, 1.165) is 41.5 Å². The largest absolute Gasteiger partial charge is 0.508 e. The fourth-order valence-electron chi connectivity index (χ4n) is 6.18. The summed E-state index contributed by atoms with van der Waals surface area (Å²) >= 11 is 3.62. The molecule has 1 aliphatic carbocycles. The molecule has 4 nitrogen and oxygen atoms in total. The van der Waals surface area contributed by atoms with Crippen molar-refractivity contribution in [3.63, 3.8) is 0 Å². The molecular weight excluding hydrogens is 476 g/mol. The van der Waals surface area contributed by atoms with E-state index < -0.39 is 11.0 Å². The van der Waals surface area contributed by atoms with Crippen molar-refractivity contribution in [2.75, 3.05) is 13.1 Å². The molecule has 2 heterocycles. The van der Waals surface area contributed by atoms with Crippen LogP contribution in [0, 0.1) is 0 Å². The smallest absolute Gasteiger partial charge is 0.115 e. The molecule has 0 spiro atoms. The molecule has 0 saturated carbocycles. The quantitative estimate of drug-likeness (QED) is 0.355. The Morgan fingerprint density at radius 2 is 1.82 bits per heavy atom. The van der Waals surface area contributed by atoms with Gasteiger partial charge in [-0.3, -0.25) is 4.90 Å². The Balaban J connectivity index is 1.46. The summed E-state index contributed by atoms with van der Waals surface area (Å²) in [5, 5.41) is 24.0. The third-order valence-corrected chi connectivity index (χ3v) is 8.28. The third kappa shape index (κ3) is 3.41. The Kier molecular flexibility index (Phi) is 4.91. The lowest BCUT2D eigenvalue weighted by Gasteiger charge is -2.56. The van der Waals surface area contributed by atoms with Crippen LogP contribution in [0.5, 0.6) is 5.75 Å². The van der Waals surface area contributed by atoms with Crippen LogP contribution in [0.15, 0.2) is 77.3 Å². The van der Waals surface area contributed by atoms with Gasteiger partial charge >= 0.3 is 0 Å². The minimum Gasteiger partial charge on any atom is -0.508 e. The summed E-state index contributed by atoms with van der Waals surface area (Å²) in [7, 11) is 0. The SMILES string of the molecule is Oc1cccc([C@@]23CCN(Cc4ccccc4)C[C@@]2(O)Cc2c([nH]c4ccc(Br)cc24)C3)c1. The van der Waals surface area contributed by atoms with Crippen LogP contribution < -0.4 is 0 Å². The van der Waals surface area contributed by atoms with Gasteiger partial charge in [-0.05, 0) is 60.0 Å². The minimum atomic E-state index is -0.946. The number of nitrogens with one attached hydrogen (secondary N) is 1. The van der Waals surface area contributed by atoms with E-state index in [4.69, 9.17) is 0 Å². The molecule has 2 aliphatic rings. The first-order chi connectivity index (χ1) is 16.0. The molecule has 2 atom stereocenters. The molecule has 1 aromatic heterocycles. The molecule has 1 saturated heterocycles. The highest BCUT2D eigenvalue weighted by Gasteiger charge is 2.57. The van der Waals surface area contributed by atoms with E-state index in [1.807, 2.05) is 18.2 Å². The number of phenolic OH excluding ortho intramolecular Hbond substituents is 1. The van der Waals surface area contributed by atoms with Gasteiger partial charge in [0.05, 0.1) is 5.60 Å². The maximum Gasteiger partial charge on any atom is 0.115 e. The molecular formula is C28H27BrN2O2. The number of hydrogen-bond donors (Lipinski definition) is 3. The van der Waals surface area contributed by atoms with E-state index in [0.29, 0.717) is 13.0 Å². The summed E-state index contributed by atoms with van der Waals surface area (Å²) in [6, 6.07) is 24.3. The van der Waals surface area contributed by atoms with Crippen molar-refractivity contribution in [2.45, 2.75) is 36.8 Å². The standard InChI is InChI=1S/C28H27BrN2O2/c29-21-9-10-25-23(14-21)24-15-28(33)18-31(17-19-5-2-1-3-6-19)12-11-27(28,16-26(24)30-25)20-7-4-8-22(32)13-20/h1-10,13-14,30,32-33H,11-12,15-18H2/t27-,28-/m0/s1. The number of likely N-dealkylation sites (tertiary alicyclic amines) is 1. The lowest BCUT2D eigenvalue weighted by atomic mass is 9.56. The number of aromatic amines is 1. The molecule has 0 amide bonds. The zero-order chi connectivity index (χ0) is 22.6. The summed E-state index contributed by atoms with van der Waals surface area (Å²) in [6.45, 7) is 2.32. The van der Waals surface area contributed by atoms with Crippen molar-refractivity contribution in [3.05, 3.63) is 99.7 Å². The Labute approximate surface area is 202 Å². The second kappa shape index (κ2) is 7.73. The van der Waals surface area contributed by atoms with E-state index in [2.05, 4.69) is 74.3 Å². The summed E-state index contributed by atoms with van der Waals surface area (Å²) in [5.74, 6) is 0.252. The Morgan fingerprint density at radius 3 is 2.64 bits per heavy atom. The average Bonchev–Trinajstić information content (AvgIpc) is 3.13. The van der Waals surface area contributed by atoms with Gasteiger partial charge in [-0.15, -0.1) is 0 Å². The fraction of sp³-hybridized carbons (Fsp3) is 0.286. The molecule has 0 bridgehead atoms. The van der Waals surface area contributed by atoms with Gasteiger partial charge in [0.2, 0.25) is 0 Å². The van der Waals surface area contributed by atoms with E-state index in [9.17, 15) is 10.2 Å². The molecule has 3 N–H and O–H groups in total. The van der Waals surface area contributed by atoms with Crippen molar-refractivity contribution in [2.24, 2.45) is 0 Å². The number of nitrogens with zero attached hydrogens (tertiary/aromatic N) is 1. The Bertz CT molecular complexity index is 1330. The normalized spacial score (nSPS) is 25.0. The van der Waals surface area contributed by atoms with Crippen molar-refractivity contribution >= 4 is 26.8 Å². The summed E-state index contributed by atoms with van der Waals surface area (Å²) < 4.78 is 1.04. The number of aromatic hydroxyl groups is 1. The maximum atomic E-state index is 12.5. The molecule has 33 heavy (non-hydrogen) atoms. The molecule has 0 radical (unpaired) electrons. The second-order valence-corrected chi connectivity index (χ2v) is 10.7. The van der Waals surface area contributed by atoms with Gasteiger partial charge < -0.3 is 15.2 Å². The molecule has 3 aromatic carbocycles. The van der Waals surface area contributed by atoms with Crippen LogP contribution in [0.4, 0.5) is 0 Å². The molecule has 5 heteroatoms. The monoisotopic (exact) mass is 502 g/mol. The number of piperidine rings is 1. The van der Waals surface area contributed by atoms with E-state index in [-0.39, 0.29) is 5.75 Å². The summed E-state index contributed by atoms with van der Waals surface area (Å²) in [5.41, 5.74) is 4.41. The van der Waals surface area contributed by atoms with Crippen molar-refractivity contribution in [3.8, 4) is 5.75 Å². The highest BCUT2D eigenvalue weighted by atomic mass is 79.9. The number of rotatable bonds is 3. The summed E-state index contributed by atoms with van der Waals surface area (Å²) in [4.78, 5) is 6.03. The predicted molar refractivity (Wildman–Crippen MR) is 134 cm³/mol. The van der Waals surface area contributed by atoms with Crippen molar-refractivity contribution in [1.82, 2.24) is 9.88 Å². The molecule has 4 aromatic rings. The van der Waals surface area contributed by atoms with Gasteiger partial charge in [0, 0.05) is 52.4 Å². The number of halogens is 1. The molecule has 6 rings (SSSR count). The number of phenols is 1. The Hall–Kier alpha value is -2.60.